The summed E-state index contributed by atoms with van der Waals surface area (Å²) in [5, 5.41) is 0. The molecule has 7 nitrogen and oxygen atoms in total. The first-order valence-electron chi connectivity index (χ1n) is 10.4. The van der Waals surface area contributed by atoms with Crippen molar-refractivity contribution in [2.45, 2.75) is 37.8 Å². The number of carbonyl (C=O) groups is 2. The third-order valence-corrected chi connectivity index (χ3v) is 6.23. The number of pyridine rings is 1. The summed E-state index contributed by atoms with van der Waals surface area (Å²) in [4.78, 5) is 43.7. The molecule has 3 aromatic rings. The largest absolute Gasteiger partial charge is 0.335 e. The van der Waals surface area contributed by atoms with Gasteiger partial charge in [-0.25, -0.2) is 0 Å². The van der Waals surface area contributed by atoms with Crippen molar-refractivity contribution in [1.82, 2.24) is 24.8 Å². The Hall–Kier alpha value is -3.35. The van der Waals surface area contributed by atoms with Gasteiger partial charge in [-0.1, -0.05) is 6.07 Å². The van der Waals surface area contributed by atoms with E-state index in [0.717, 1.165) is 24.1 Å². The van der Waals surface area contributed by atoms with Gasteiger partial charge in [0, 0.05) is 37.2 Å². The number of hydrogen-bond donors (Lipinski definition) is 0. The van der Waals surface area contributed by atoms with Gasteiger partial charge >= 0.3 is 0 Å². The number of nitrogens with zero attached hydrogens (tertiary/aromatic N) is 5. The van der Waals surface area contributed by atoms with Crippen LogP contribution < -0.4 is 0 Å². The second-order valence-corrected chi connectivity index (χ2v) is 8.00. The first kappa shape index (κ1) is 18.7. The van der Waals surface area contributed by atoms with Gasteiger partial charge in [0.15, 0.2) is 0 Å². The molecule has 7 heteroatoms. The number of rotatable bonds is 3. The Bertz CT molecular complexity index is 1100. The number of fused-ring (bicyclic) bond motifs is 1. The summed E-state index contributed by atoms with van der Waals surface area (Å²) in [6, 6.07) is 11.1. The van der Waals surface area contributed by atoms with Gasteiger partial charge in [-0.3, -0.25) is 24.5 Å². The van der Waals surface area contributed by atoms with Crippen molar-refractivity contribution in [3.63, 3.8) is 0 Å². The third-order valence-electron chi connectivity index (χ3n) is 6.23. The van der Waals surface area contributed by atoms with E-state index in [-0.39, 0.29) is 11.8 Å². The average Bonchev–Trinajstić information content (AvgIpc) is 3.21. The molecule has 5 rings (SSSR count). The molecule has 0 aliphatic carbocycles. The zero-order chi connectivity index (χ0) is 20.6. The van der Waals surface area contributed by atoms with Crippen molar-refractivity contribution in [3.05, 3.63) is 66.2 Å². The van der Waals surface area contributed by atoms with Crippen LogP contribution in [-0.2, 0) is 11.3 Å². The lowest BCUT2D eigenvalue weighted by molar-refractivity contribution is -0.146. The molecule has 152 valence electrons. The normalized spacial score (nSPS) is 21.5. The maximum atomic E-state index is 13.6. The highest BCUT2D eigenvalue weighted by Crippen LogP contribution is 2.39. The smallest absolute Gasteiger partial charge is 0.254 e. The van der Waals surface area contributed by atoms with E-state index in [0.29, 0.717) is 43.6 Å². The van der Waals surface area contributed by atoms with E-state index in [4.69, 9.17) is 0 Å². The van der Waals surface area contributed by atoms with Crippen LogP contribution in [0.5, 0.6) is 0 Å². The second-order valence-electron chi connectivity index (χ2n) is 8.00. The highest BCUT2D eigenvalue weighted by atomic mass is 16.2. The minimum atomic E-state index is -0.749. The number of aromatic nitrogens is 3. The van der Waals surface area contributed by atoms with Crippen LogP contribution in [0, 0.1) is 0 Å². The van der Waals surface area contributed by atoms with E-state index in [1.165, 1.54) is 0 Å². The Balaban J connectivity index is 1.43. The van der Waals surface area contributed by atoms with E-state index >= 15 is 0 Å². The molecule has 1 spiro atoms. The standard InChI is InChI=1S/C23H23N5O2/c29-21(17-6-7-19-20(15-17)26-12-11-25-19)28-14-4-9-23(28)8-3-13-27(22(23)30)16-18-5-1-2-10-24-18/h1-2,5-7,10-12,15H,3-4,8-9,13-14,16H2. The van der Waals surface area contributed by atoms with Gasteiger partial charge in [-0.2, -0.15) is 0 Å². The zero-order valence-corrected chi connectivity index (χ0v) is 16.7. The van der Waals surface area contributed by atoms with Crippen molar-refractivity contribution in [2.24, 2.45) is 0 Å². The van der Waals surface area contributed by atoms with Gasteiger partial charge in [-0.05, 0) is 56.0 Å². The predicted molar refractivity (Wildman–Crippen MR) is 111 cm³/mol. The fourth-order valence-corrected chi connectivity index (χ4v) is 4.81. The van der Waals surface area contributed by atoms with E-state index in [2.05, 4.69) is 15.0 Å². The first-order chi connectivity index (χ1) is 14.7. The Morgan fingerprint density at radius 3 is 2.53 bits per heavy atom. The summed E-state index contributed by atoms with van der Waals surface area (Å²) >= 11 is 0. The fourth-order valence-electron chi connectivity index (χ4n) is 4.81. The van der Waals surface area contributed by atoms with Crippen molar-refractivity contribution < 1.29 is 9.59 Å². The van der Waals surface area contributed by atoms with Crippen molar-refractivity contribution in [1.29, 1.82) is 0 Å². The van der Waals surface area contributed by atoms with Crippen LogP contribution in [0.2, 0.25) is 0 Å². The van der Waals surface area contributed by atoms with Crippen LogP contribution in [0.15, 0.2) is 55.0 Å². The number of benzene rings is 1. The molecule has 2 aliphatic rings. The number of piperidine rings is 1. The summed E-state index contributed by atoms with van der Waals surface area (Å²) in [6.07, 6.45) is 8.14. The Morgan fingerprint density at radius 2 is 1.73 bits per heavy atom. The molecule has 1 aromatic carbocycles. The number of amides is 2. The highest BCUT2D eigenvalue weighted by Gasteiger charge is 2.52. The van der Waals surface area contributed by atoms with Crippen LogP contribution in [0.4, 0.5) is 0 Å². The van der Waals surface area contributed by atoms with Crippen LogP contribution >= 0.6 is 0 Å². The molecule has 0 saturated carbocycles. The quantitative estimate of drug-likeness (QED) is 0.674. The molecule has 0 N–H and O–H groups in total. The molecule has 0 radical (unpaired) electrons. The topological polar surface area (TPSA) is 79.3 Å². The molecule has 1 unspecified atom stereocenters. The van der Waals surface area contributed by atoms with Crippen molar-refractivity contribution in [3.8, 4) is 0 Å². The van der Waals surface area contributed by atoms with Gasteiger partial charge < -0.3 is 9.80 Å². The first-order valence-corrected chi connectivity index (χ1v) is 10.4. The minimum absolute atomic E-state index is 0.0471. The molecule has 2 amide bonds. The molecule has 2 aromatic heterocycles. The van der Waals surface area contributed by atoms with Crippen LogP contribution in [-0.4, -0.2) is 55.2 Å². The van der Waals surface area contributed by atoms with Crippen LogP contribution in [0.3, 0.4) is 0 Å². The van der Waals surface area contributed by atoms with Gasteiger partial charge in [-0.15, -0.1) is 0 Å². The van der Waals surface area contributed by atoms with E-state index in [1.54, 1.807) is 35.6 Å². The molecule has 2 aliphatic heterocycles. The molecule has 2 fully saturated rings. The summed E-state index contributed by atoms with van der Waals surface area (Å²) < 4.78 is 0. The lowest BCUT2D eigenvalue weighted by Gasteiger charge is -2.44. The lowest BCUT2D eigenvalue weighted by atomic mass is 9.85. The average molecular weight is 401 g/mol. The van der Waals surface area contributed by atoms with Crippen LogP contribution in [0.25, 0.3) is 11.0 Å². The number of hydrogen-bond acceptors (Lipinski definition) is 5. The maximum absolute atomic E-state index is 13.6. The van der Waals surface area contributed by atoms with Crippen LogP contribution in [0.1, 0.15) is 41.7 Å². The third kappa shape index (κ3) is 3.10. The summed E-state index contributed by atoms with van der Waals surface area (Å²) in [6.45, 7) is 1.78. The zero-order valence-electron chi connectivity index (χ0n) is 16.7. The van der Waals surface area contributed by atoms with Gasteiger partial charge in [0.2, 0.25) is 5.91 Å². The van der Waals surface area contributed by atoms with E-state index < -0.39 is 5.54 Å². The molecule has 4 heterocycles. The van der Waals surface area contributed by atoms with Crippen molar-refractivity contribution >= 4 is 22.8 Å². The lowest BCUT2D eigenvalue weighted by Crippen LogP contribution is -2.61. The number of likely N-dealkylation sites (tertiary alicyclic amines) is 2. The van der Waals surface area contributed by atoms with E-state index in [9.17, 15) is 9.59 Å². The molecule has 1 atom stereocenters. The van der Waals surface area contributed by atoms with Gasteiger partial charge in [0.25, 0.3) is 5.91 Å². The van der Waals surface area contributed by atoms with Gasteiger partial charge in [0.05, 0.1) is 23.3 Å². The Kier molecular flexibility index (Phi) is 4.65. The SMILES string of the molecule is O=C(c1ccc2nccnc2c1)N1CCCC12CCCN(Cc1ccccn1)C2=O. The molecular formula is C23H23N5O2. The Morgan fingerprint density at radius 1 is 0.933 bits per heavy atom. The minimum Gasteiger partial charge on any atom is -0.335 e. The molecule has 0 bridgehead atoms. The molecule has 2 saturated heterocycles. The summed E-state index contributed by atoms with van der Waals surface area (Å²) in [7, 11) is 0. The second kappa shape index (κ2) is 7.48. The van der Waals surface area contributed by atoms with Crippen molar-refractivity contribution in [2.75, 3.05) is 13.1 Å². The summed E-state index contributed by atoms with van der Waals surface area (Å²) in [5.41, 5.74) is 2.11. The predicted octanol–water partition coefficient (Wildman–Crippen LogP) is 2.82. The molecule has 30 heavy (non-hydrogen) atoms. The number of carbonyl (C=O) groups excluding carboxylic acids is 2. The highest BCUT2D eigenvalue weighted by molar-refractivity contribution is 6.01. The fraction of sp³-hybridized carbons (Fsp3) is 0.348. The van der Waals surface area contributed by atoms with Gasteiger partial charge in [0.1, 0.15) is 5.54 Å². The molecular weight excluding hydrogens is 378 g/mol. The summed E-state index contributed by atoms with van der Waals surface area (Å²) in [5.74, 6) is -0.0566. The van der Waals surface area contributed by atoms with E-state index in [1.807, 2.05) is 29.2 Å². The monoisotopic (exact) mass is 401 g/mol. The Labute approximate surface area is 174 Å². The maximum Gasteiger partial charge on any atom is 0.254 e.